The van der Waals surface area contributed by atoms with E-state index >= 15 is 0 Å². The highest BCUT2D eigenvalue weighted by Crippen LogP contribution is 1.94. The van der Waals surface area contributed by atoms with Gasteiger partial charge in [0.2, 0.25) is 0 Å². The third-order valence-corrected chi connectivity index (χ3v) is 2.62. The van der Waals surface area contributed by atoms with Crippen LogP contribution in [0.3, 0.4) is 0 Å². The molecule has 4 aliphatic carbocycles. The van der Waals surface area contributed by atoms with Crippen molar-refractivity contribution in [3.05, 3.63) is 97.2 Å². The summed E-state index contributed by atoms with van der Waals surface area (Å²) in [6.07, 6.45) is 38.0. The molecule has 128 valence electrons. The van der Waals surface area contributed by atoms with E-state index in [2.05, 4.69) is 97.2 Å². The largest absolute Gasteiger partial charge is 0.481 e. The molecule has 0 bridgehead atoms. The van der Waals surface area contributed by atoms with Crippen LogP contribution in [0, 0.1) is 0 Å². The molecular weight excluding hydrogens is 296 g/mol. The van der Waals surface area contributed by atoms with Crippen LogP contribution in [0.5, 0.6) is 0 Å². The van der Waals surface area contributed by atoms with Crippen LogP contribution in [0.2, 0.25) is 0 Å². The molecule has 24 heavy (non-hydrogen) atoms. The average Bonchev–Trinajstić information content (AvgIpc) is 3.46. The van der Waals surface area contributed by atoms with E-state index < -0.39 is 5.97 Å². The second-order valence-corrected chi connectivity index (χ2v) is 4.89. The molecular formula is C22H28O2. The van der Waals surface area contributed by atoms with Crippen LogP contribution in [0.15, 0.2) is 97.2 Å². The molecule has 0 fully saturated rings. The number of aliphatic carboxylic acids is 1. The Balaban J connectivity index is 0.000000277. The van der Waals surface area contributed by atoms with Gasteiger partial charge in [0.1, 0.15) is 0 Å². The second-order valence-electron chi connectivity index (χ2n) is 4.89. The Bertz CT molecular complexity index is 406. The van der Waals surface area contributed by atoms with Crippen molar-refractivity contribution in [2.24, 2.45) is 0 Å². The van der Waals surface area contributed by atoms with Crippen molar-refractivity contribution in [2.45, 2.75) is 32.6 Å². The van der Waals surface area contributed by atoms with Crippen LogP contribution in [-0.2, 0) is 4.79 Å². The lowest BCUT2D eigenvalue weighted by molar-refractivity contribution is -0.134. The molecule has 0 aromatic carbocycles. The average molecular weight is 324 g/mol. The van der Waals surface area contributed by atoms with E-state index in [1.54, 1.807) is 0 Å². The SMILES string of the molecule is C1=CCC=C1.C1=CCC=C1.C1=CCC=C1.C1=CCC=C1.CC(=O)O. The second kappa shape index (κ2) is 18.4. The molecule has 1 N–H and O–H groups in total. The molecule has 0 aromatic rings. The molecule has 0 aromatic heterocycles. The van der Waals surface area contributed by atoms with E-state index in [1.807, 2.05) is 0 Å². The number of rotatable bonds is 0. The van der Waals surface area contributed by atoms with Gasteiger partial charge < -0.3 is 5.11 Å². The van der Waals surface area contributed by atoms with E-state index in [4.69, 9.17) is 9.90 Å². The lowest BCUT2D eigenvalue weighted by Gasteiger charge is -1.59. The molecule has 2 heteroatoms. The summed E-state index contributed by atoms with van der Waals surface area (Å²) < 4.78 is 0. The van der Waals surface area contributed by atoms with Crippen LogP contribution in [0.4, 0.5) is 0 Å². The van der Waals surface area contributed by atoms with Crippen molar-refractivity contribution in [3.63, 3.8) is 0 Å². The first-order valence-corrected chi connectivity index (χ1v) is 8.19. The van der Waals surface area contributed by atoms with E-state index in [9.17, 15) is 0 Å². The minimum absolute atomic E-state index is 0.833. The number of hydrogen-bond donors (Lipinski definition) is 1. The van der Waals surface area contributed by atoms with Crippen molar-refractivity contribution < 1.29 is 9.90 Å². The molecule has 0 amide bonds. The number of hydrogen-bond acceptors (Lipinski definition) is 1. The normalized spacial score (nSPS) is 15.7. The summed E-state index contributed by atoms with van der Waals surface area (Å²) in [4.78, 5) is 9.00. The first-order valence-electron chi connectivity index (χ1n) is 8.19. The van der Waals surface area contributed by atoms with Gasteiger partial charge in [-0.15, -0.1) is 0 Å². The molecule has 0 radical (unpaired) electrons. The van der Waals surface area contributed by atoms with Gasteiger partial charge in [-0.2, -0.15) is 0 Å². The molecule has 4 aliphatic rings. The Kier molecular flexibility index (Phi) is 16.4. The topological polar surface area (TPSA) is 37.3 Å². The van der Waals surface area contributed by atoms with Crippen LogP contribution < -0.4 is 0 Å². The first kappa shape index (κ1) is 21.4. The van der Waals surface area contributed by atoms with Crippen LogP contribution in [0.25, 0.3) is 0 Å². The predicted molar refractivity (Wildman–Crippen MR) is 105 cm³/mol. The fourth-order valence-electron chi connectivity index (χ4n) is 1.57. The van der Waals surface area contributed by atoms with E-state index in [-0.39, 0.29) is 0 Å². The lowest BCUT2D eigenvalue weighted by atomic mass is 10.5. The molecule has 0 unspecified atom stereocenters. The standard InChI is InChI=1S/4C5H6.C2H4O2/c4*1-2-4-5-3-1;1-2(3)4/h4*1-4H,5H2;1H3,(H,3,4). The molecule has 0 heterocycles. The zero-order valence-corrected chi connectivity index (χ0v) is 14.4. The van der Waals surface area contributed by atoms with Crippen LogP contribution in [0.1, 0.15) is 32.6 Å². The zero-order valence-electron chi connectivity index (χ0n) is 14.4. The Morgan fingerprint density at radius 3 is 0.708 bits per heavy atom. The van der Waals surface area contributed by atoms with Gasteiger partial charge in [0.15, 0.2) is 0 Å². The summed E-state index contributed by atoms with van der Waals surface area (Å²) >= 11 is 0. The van der Waals surface area contributed by atoms with Gasteiger partial charge in [-0.1, -0.05) is 97.2 Å². The molecule has 0 saturated carbocycles. The maximum absolute atomic E-state index is 9.00. The van der Waals surface area contributed by atoms with Crippen molar-refractivity contribution in [3.8, 4) is 0 Å². The fourth-order valence-corrected chi connectivity index (χ4v) is 1.57. The van der Waals surface area contributed by atoms with Crippen molar-refractivity contribution in [1.29, 1.82) is 0 Å². The van der Waals surface area contributed by atoms with Gasteiger partial charge in [-0.05, 0) is 25.7 Å². The molecule has 0 aliphatic heterocycles. The zero-order chi connectivity index (χ0) is 17.7. The molecule has 0 spiro atoms. The Hall–Kier alpha value is -2.61. The number of allylic oxidation sites excluding steroid dienone is 16. The monoisotopic (exact) mass is 324 g/mol. The third-order valence-electron chi connectivity index (χ3n) is 2.62. The summed E-state index contributed by atoms with van der Waals surface area (Å²) in [6.45, 7) is 1.08. The Morgan fingerprint density at radius 1 is 0.542 bits per heavy atom. The summed E-state index contributed by atoms with van der Waals surface area (Å²) in [5.41, 5.74) is 0. The van der Waals surface area contributed by atoms with Gasteiger partial charge in [0.25, 0.3) is 5.97 Å². The minimum atomic E-state index is -0.833. The molecule has 0 saturated heterocycles. The quantitative estimate of drug-likeness (QED) is 0.584. The van der Waals surface area contributed by atoms with Gasteiger partial charge >= 0.3 is 0 Å². The highest BCUT2D eigenvalue weighted by atomic mass is 16.4. The summed E-state index contributed by atoms with van der Waals surface area (Å²) in [6, 6.07) is 0. The minimum Gasteiger partial charge on any atom is -0.481 e. The third kappa shape index (κ3) is 21.7. The first-order chi connectivity index (χ1) is 11.7. The fraction of sp³-hybridized carbons (Fsp3) is 0.227. The summed E-state index contributed by atoms with van der Waals surface area (Å²) in [7, 11) is 0. The number of carbonyl (C=O) groups is 1. The van der Waals surface area contributed by atoms with Crippen LogP contribution in [-0.4, -0.2) is 11.1 Å². The number of carboxylic acids is 1. The Morgan fingerprint density at radius 2 is 0.667 bits per heavy atom. The maximum Gasteiger partial charge on any atom is 0.300 e. The highest BCUT2D eigenvalue weighted by molar-refractivity contribution is 5.62. The maximum atomic E-state index is 9.00. The Labute approximate surface area is 146 Å². The van der Waals surface area contributed by atoms with E-state index in [0.29, 0.717) is 0 Å². The lowest BCUT2D eigenvalue weighted by Crippen LogP contribution is -1.78. The van der Waals surface area contributed by atoms with Crippen molar-refractivity contribution in [2.75, 3.05) is 0 Å². The molecule has 4 rings (SSSR count). The summed E-state index contributed by atoms with van der Waals surface area (Å²) in [5, 5.41) is 7.42. The van der Waals surface area contributed by atoms with Gasteiger partial charge in [0, 0.05) is 6.92 Å². The van der Waals surface area contributed by atoms with E-state index in [1.165, 1.54) is 0 Å². The van der Waals surface area contributed by atoms with Crippen molar-refractivity contribution in [1.82, 2.24) is 0 Å². The predicted octanol–water partition coefficient (Wildman–Crippen LogP) is 6.10. The van der Waals surface area contributed by atoms with Gasteiger partial charge in [-0.3, -0.25) is 4.79 Å². The number of carboxylic acid groups (broad SMARTS) is 1. The molecule has 2 nitrogen and oxygen atoms in total. The van der Waals surface area contributed by atoms with Crippen LogP contribution >= 0.6 is 0 Å². The van der Waals surface area contributed by atoms with Gasteiger partial charge in [-0.25, -0.2) is 0 Å². The molecule has 0 atom stereocenters. The van der Waals surface area contributed by atoms with E-state index in [0.717, 1.165) is 32.6 Å². The highest BCUT2D eigenvalue weighted by Gasteiger charge is 1.73. The smallest absolute Gasteiger partial charge is 0.300 e. The van der Waals surface area contributed by atoms with Crippen molar-refractivity contribution >= 4 is 5.97 Å². The summed E-state index contributed by atoms with van der Waals surface area (Å²) in [5.74, 6) is -0.833. The van der Waals surface area contributed by atoms with Gasteiger partial charge in [0.05, 0.1) is 0 Å².